The fraction of sp³-hybridized carbons (Fsp3) is 0.250. The lowest BCUT2D eigenvalue weighted by Crippen LogP contribution is -2.30. The standard InChI is InChI=1S/C16H18N2O3S/c1-11(21-16(20)13-8-6-10-18(13)2)15(19)17-12-7-4-5-9-14(12)22-3/h4-11H,1-3H3,(H,17,19)/t11-/m0/s1. The van der Waals surface area contributed by atoms with E-state index in [1.165, 1.54) is 11.8 Å². The topological polar surface area (TPSA) is 60.3 Å². The minimum absolute atomic E-state index is 0.357. The molecule has 1 aromatic heterocycles. The van der Waals surface area contributed by atoms with Gasteiger partial charge in [-0.3, -0.25) is 4.79 Å². The molecule has 0 saturated carbocycles. The SMILES string of the molecule is CSc1ccccc1NC(=O)[C@H](C)OC(=O)c1cccn1C. The van der Waals surface area contributed by atoms with Gasteiger partial charge in [-0.1, -0.05) is 12.1 Å². The summed E-state index contributed by atoms with van der Waals surface area (Å²) in [5, 5.41) is 2.78. The Morgan fingerprint density at radius 1 is 1.23 bits per heavy atom. The van der Waals surface area contributed by atoms with Gasteiger partial charge >= 0.3 is 5.97 Å². The molecular formula is C16H18N2O3S. The normalized spacial score (nSPS) is 11.8. The first kappa shape index (κ1) is 16.2. The van der Waals surface area contributed by atoms with Gasteiger partial charge in [0.1, 0.15) is 5.69 Å². The molecule has 1 aromatic carbocycles. The number of hydrogen-bond donors (Lipinski definition) is 1. The first-order valence-corrected chi connectivity index (χ1v) is 8.01. The van der Waals surface area contributed by atoms with Gasteiger partial charge in [0.05, 0.1) is 5.69 Å². The molecule has 0 radical (unpaired) electrons. The molecule has 2 aromatic rings. The molecule has 116 valence electrons. The van der Waals surface area contributed by atoms with Gasteiger partial charge in [0.2, 0.25) is 0 Å². The number of nitrogens with one attached hydrogen (secondary N) is 1. The van der Waals surface area contributed by atoms with E-state index < -0.39 is 12.1 Å². The van der Waals surface area contributed by atoms with Crippen LogP contribution in [-0.2, 0) is 16.6 Å². The summed E-state index contributed by atoms with van der Waals surface area (Å²) < 4.78 is 6.85. The number of carbonyl (C=O) groups excluding carboxylic acids is 2. The molecule has 0 bridgehead atoms. The molecule has 1 N–H and O–H groups in total. The molecule has 1 heterocycles. The second-order valence-electron chi connectivity index (χ2n) is 4.74. The Morgan fingerprint density at radius 3 is 2.59 bits per heavy atom. The largest absolute Gasteiger partial charge is 0.448 e. The smallest absolute Gasteiger partial charge is 0.355 e. The van der Waals surface area contributed by atoms with E-state index in [-0.39, 0.29) is 5.91 Å². The lowest BCUT2D eigenvalue weighted by atomic mass is 10.3. The average molecular weight is 318 g/mol. The number of aromatic nitrogens is 1. The van der Waals surface area contributed by atoms with E-state index in [1.54, 1.807) is 36.9 Å². The number of ether oxygens (including phenoxy) is 1. The summed E-state index contributed by atoms with van der Waals surface area (Å²) in [4.78, 5) is 25.1. The lowest BCUT2D eigenvalue weighted by Gasteiger charge is -2.15. The Labute approximate surface area is 133 Å². The van der Waals surface area contributed by atoms with Crippen LogP contribution in [0.2, 0.25) is 0 Å². The molecule has 5 nitrogen and oxygen atoms in total. The van der Waals surface area contributed by atoms with Crippen LogP contribution in [0.4, 0.5) is 5.69 Å². The van der Waals surface area contributed by atoms with Crippen LogP contribution in [0.1, 0.15) is 17.4 Å². The van der Waals surface area contributed by atoms with Crippen molar-refractivity contribution >= 4 is 29.3 Å². The molecule has 6 heteroatoms. The fourth-order valence-corrected chi connectivity index (χ4v) is 2.48. The number of hydrogen-bond acceptors (Lipinski definition) is 4. The van der Waals surface area contributed by atoms with Crippen LogP contribution < -0.4 is 5.32 Å². The van der Waals surface area contributed by atoms with E-state index >= 15 is 0 Å². The Balaban J connectivity index is 2.01. The summed E-state index contributed by atoms with van der Waals surface area (Å²) in [6.45, 7) is 1.55. The monoisotopic (exact) mass is 318 g/mol. The van der Waals surface area contributed by atoms with E-state index in [0.29, 0.717) is 11.4 Å². The summed E-state index contributed by atoms with van der Waals surface area (Å²) in [5.41, 5.74) is 1.12. The molecule has 1 atom stereocenters. The number of thioether (sulfide) groups is 1. The van der Waals surface area contributed by atoms with Gasteiger partial charge in [-0.15, -0.1) is 11.8 Å². The van der Waals surface area contributed by atoms with Gasteiger partial charge < -0.3 is 14.6 Å². The maximum atomic E-state index is 12.2. The van der Waals surface area contributed by atoms with Gasteiger partial charge in [-0.2, -0.15) is 0 Å². The highest BCUT2D eigenvalue weighted by molar-refractivity contribution is 7.98. The maximum absolute atomic E-state index is 12.2. The summed E-state index contributed by atoms with van der Waals surface area (Å²) in [7, 11) is 1.75. The zero-order valence-corrected chi connectivity index (χ0v) is 13.5. The zero-order valence-electron chi connectivity index (χ0n) is 12.7. The molecule has 0 saturated heterocycles. The van der Waals surface area contributed by atoms with Crippen molar-refractivity contribution in [2.45, 2.75) is 17.9 Å². The van der Waals surface area contributed by atoms with Gasteiger partial charge in [-0.05, 0) is 37.4 Å². The van der Waals surface area contributed by atoms with Crippen molar-refractivity contribution < 1.29 is 14.3 Å². The number of rotatable bonds is 5. The summed E-state index contributed by atoms with van der Waals surface area (Å²) in [6, 6.07) is 10.9. The third-order valence-corrected chi connectivity index (χ3v) is 3.97. The van der Waals surface area contributed by atoms with E-state index in [2.05, 4.69) is 5.32 Å². The number of nitrogens with zero attached hydrogens (tertiary/aromatic N) is 1. The lowest BCUT2D eigenvalue weighted by molar-refractivity contribution is -0.123. The zero-order chi connectivity index (χ0) is 16.1. The number of amides is 1. The van der Waals surface area contributed by atoms with Crippen LogP contribution in [0, 0.1) is 0 Å². The molecule has 0 aliphatic heterocycles. The van der Waals surface area contributed by atoms with Gasteiger partial charge in [0, 0.05) is 18.1 Å². The fourth-order valence-electron chi connectivity index (χ4n) is 1.93. The Bertz CT molecular complexity index is 682. The highest BCUT2D eigenvalue weighted by atomic mass is 32.2. The number of para-hydroxylation sites is 1. The first-order chi connectivity index (χ1) is 10.5. The predicted octanol–water partition coefficient (Wildman–Crippen LogP) is 2.93. The van der Waals surface area contributed by atoms with Crippen LogP contribution in [-0.4, -0.2) is 28.8 Å². The third kappa shape index (κ3) is 3.71. The Kier molecular flexibility index (Phi) is 5.27. The van der Waals surface area contributed by atoms with E-state index in [0.717, 1.165) is 4.90 Å². The first-order valence-electron chi connectivity index (χ1n) is 6.79. The molecule has 2 rings (SSSR count). The van der Waals surface area contributed by atoms with Crippen molar-refractivity contribution in [3.05, 3.63) is 48.3 Å². The second kappa shape index (κ2) is 7.17. The number of carbonyl (C=O) groups is 2. The Hall–Kier alpha value is -2.21. The quantitative estimate of drug-likeness (QED) is 0.680. The molecule has 1 amide bonds. The third-order valence-electron chi connectivity index (χ3n) is 3.17. The number of anilines is 1. The van der Waals surface area contributed by atoms with Crippen LogP contribution in [0.15, 0.2) is 47.5 Å². The van der Waals surface area contributed by atoms with Gasteiger partial charge in [0.25, 0.3) is 5.91 Å². The van der Waals surface area contributed by atoms with Crippen molar-refractivity contribution in [2.75, 3.05) is 11.6 Å². The molecular weight excluding hydrogens is 300 g/mol. The Morgan fingerprint density at radius 2 is 1.95 bits per heavy atom. The number of esters is 1. The molecule has 0 fully saturated rings. The van der Waals surface area contributed by atoms with E-state index in [4.69, 9.17) is 4.74 Å². The average Bonchev–Trinajstić information content (AvgIpc) is 2.93. The van der Waals surface area contributed by atoms with Crippen molar-refractivity contribution in [2.24, 2.45) is 7.05 Å². The van der Waals surface area contributed by atoms with Crippen molar-refractivity contribution in [3.63, 3.8) is 0 Å². The summed E-state index contributed by atoms with van der Waals surface area (Å²) in [5.74, 6) is -0.877. The minimum atomic E-state index is -0.877. The van der Waals surface area contributed by atoms with Crippen molar-refractivity contribution in [1.29, 1.82) is 0 Å². The predicted molar refractivity (Wildman–Crippen MR) is 87.1 cm³/mol. The highest BCUT2D eigenvalue weighted by Gasteiger charge is 2.20. The van der Waals surface area contributed by atoms with E-state index in [1.807, 2.05) is 30.5 Å². The van der Waals surface area contributed by atoms with Crippen LogP contribution in [0.5, 0.6) is 0 Å². The summed E-state index contributed by atoms with van der Waals surface area (Å²) >= 11 is 1.54. The second-order valence-corrected chi connectivity index (χ2v) is 5.59. The molecule has 0 aliphatic carbocycles. The van der Waals surface area contributed by atoms with Gasteiger partial charge in [-0.25, -0.2) is 4.79 Å². The van der Waals surface area contributed by atoms with Gasteiger partial charge in [0.15, 0.2) is 6.10 Å². The number of benzene rings is 1. The highest BCUT2D eigenvalue weighted by Crippen LogP contribution is 2.24. The molecule has 0 spiro atoms. The van der Waals surface area contributed by atoms with Crippen molar-refractivity contribution in [1.82, 2.24) is 4.57 Å². The maximum Gasteiger partial charge on any atom is 0.355 e. The number of aryl methyl sites for hydroxylation is 1. The van der Waals surface area contributed by atoms with Crippen LogP contribution in [0.25, 0.3) is 0 Å². The molecule has 0 unspecified atom stereocenters. The van der Waals surface area contributed by atoms with Crippen LogP contribution in [0.3, 0.4) is 0 Å². The molecule has 0 aliphatic rings. The molecule has 22 heavy (non-hydrogen) atoms. The van der Waals surface area contributed by atoms with E-state index in [9.17, 15) is 9.59 Å². The minimum Gasteiger partial charge on any atom is -0.448 e. The van der Waals surface area contributed by atoms with Crippen molar-refractivity contribution in [3.8, 4) is 0 Å². The summed E-state index contributed by atoms with van der Waals surface area (Å²) in [6.07, 6.45) is 2.80. The van der Waals surface area contributed by atoms with Crippen LogP contribution >= 0.6 is 11.8 Å².